The van der Waals surface area contributed by atoms with Crippen molar-refractivity contribution in [1.29, 1.82) is 0 Å². The zero-order valence-corrected chi connectivity index (χ0v) is 12.6. The van der Waals surface area contributed by atoms with Crippen LogP contribution in [0.25, 0.3) is 6.08 Å². The van der Waals surface area contributed by atoms with Gasteiger partial charge in [-0.15, -0.1) is 0 Å². The van der Waals surface area contributed by atoms with Gasteiger partial charge < -0.3 is 4.74 Å². The van der Waals surface area contributed by atoms with Crippen LogP contribution in [-0.4, -0.2) is 34.9 Å². The Morgan fingerprint density at radius 3 is 2.29 bits per heavy atom. The number of carbonyl (C=O) groups excluding carboxylic acids is 2. The van der Waals surface area contributed by atoms with Gasteiger partial charge in [-0.05, 0) is 44.5 Å². The Bertz CT molecular complexity index is 528. The molecule has 2 N–H and O–H groups in total. The van der Waals surface area contributed by atoms with E-state index >= 15 is 0 Å². The van der Waals surface area contributed by atoms with Gasteiger partial charge in [0, 0.05) is 18.8 Å². The highest BCUT2D eigenvalue weighted by Crippen LogP contribution is 2.13. The van der Waals surface area contributed by atoms with Crippen molar-refractivity contribution in [2.24, 2.45) is 0 Å². The summed E-state index contributed by atoms with van der Waals surface area (Å²) in [4.78, 5) is 22.8. The molecule has 0 aliphatic rings. The first-order chi connectivity index (χ1) is 9.67. The van der Waals surface area contributed by atoms with E-state index in [0.717, 1.165) is 5.56 Å². The SMILES string of the molecule is CN(O)C(=O)/C=C/c1ccc(NC(=O)OC(C)(C)C)cc1. The summed E-state index contributed by atoms with van der Waals surface area (Å²) >= 11 is 0. The van der Waals surface area contributed by atoms with Crippen molar-refractivity contribution in [3.63, 3.8) is 0 Å². The molecule has 6 heteroatoms. The van der Waals surface area contributed by atoms with Crippen LogP contribution in [0.2, 0.25) is 0 Å². The Balaban J connectivity index is 2.62. The highest BCUT2D eigenvalue weighted by molar-refractivity contribution is 5.91. The normalized spacial score (nSPS) is 11.3. The van der Waals surface area contributed by atoms with Crippen LogP contribution < -0.4 is 5.32 Å². The van der Waals surface area contributed by atoms with Crippen molar-refractivity contribution < 1.29 is 19.5 Å². The number of amides is 2. The summed E-state index contributed by atoms with van der Waals surface area (Å²) in [7, 11) is 1.25. The molecule has 0 aliphatic heterocycles. The van der Waals surface area contributed by atoms with Crippen LogP contribution >= 0.6 is 0 Å². The van der Waals surface area contributed by atoms with Gasteiger partial charge in [0.1, 0.15) is 5.60 Å². The summed E-state index contributed by atoms with van der Waals surface area (Å²) in [5, 5.41) is 12.0. The number of hydrogen-bond donors (Lipinski definition) is 2. The maximum atomic E-state index is 11.6. The van der Waals surface area contributed by atoms with Crippen LogP contribution in [0.3, 0.4) is 0 Å². The quantitative estimate of drug-likeness (QED) is 0.510. The second kappa shape index (κ2) is 6.90. The molecule has 1 aromatic rings. The number of likely N-dealkylation sites (N-methyl/N-ethyl adjacent to an activating group) is 1. The van der Waals surface area contributed by atoms with Gasteiger partial charge in [0.25, 0.3) is 5.91 Å². The summed E-state index contributed by atoms with van der Waals surface area (Å²) in [5.41, 5.74) is 0.802. The Morgan fingerprint density at radius 1 is 1.24 bits per heavy atom. The van der Waals surface area contributed by atoms with E-state index in [2.05, 4.69) is 5.32 Å². The van der Waals surface area contributed by atoms with Gasteiger partial charge in [0.2, 0.25) is 0 Å². The molecule has 0 saturated carbocycles. The van der Waals surface area contributed by atoms with Crippen molar-refractivity contribution in [3.05, 3.63) is 35.9 Å². The number of anilines is 1. The molecule has 0 fully saturated rings. The van der Waals surface area contributed by atoms with E-state index in [9.17, 15) is 9.59 Å². The van der Waals surface area contributed by atoms with E-state index < -0.39 is 17.6 Å². The lowest BCUT2D eigenvalue weighted by Gasteiger charge is -2.19. The van der Waals surface area contributed by atoms with Crippen LogP contribution in [0.15, 0.2) is 30.3 Å². The molecule has 0 spiro atoms. The maximum Gasteiger partial charge on any atom is 0.412 e. The molecule has 0 aromatic heterocycles. The van der Waals surface area contributed by atoms with Gasteiger partial charge in [0.05, 0.1) is 0 Å². The van der Waals surface area contributed by atoms with Gasteiger partial charge in [-0.25, -0.2) is 9.86 Å². The lowest BCUT2D eigenvalue weighted by Crippen LogP contribution is -2.27. The lowest BCUT2D eigenvalue weighted by atomic mass is 10.2. The zero-order chi connectivity index (χ0) is 16.0. The molecule has 21 heavy (non-hydrogen) atoms. The number of nitrogens with zero attached hydrogens (tertiary/aromatic N) is 1. The molecule has 114 valence electrons. The fraction of sp³-hybridized carbons (Fsp3) is 0.333. The number of carbonyl (C=O) groups is 2. The van der Waals surface area contributed by atoms with E-state index in [1.54, 1.807) is 51.1 Å². The van der Waals surface area contributed by atoms with Crippen LogP contribution in [0, 0.1) is 0 Å². The molecule has 2 amide bonds. The Labute approximate surface area is 124 Å². The van der Waals surface area contributed by atoms with Crippen LogP contribution in [-0.2, 0) is 9.53 Å². The topological polar surface area (TPSA) is 78.9 Å². The molecule has 0 heterocycles. The summed E-state index contributed by atoms with van der Waals surface area (Å²) in [5.74, 6) is -0.522. The molecule has 0 atom stereocenters. The first kappa shape index (κ1) is 16.7. The highest BCUT2D eigenvalue weighted by atomic mass is 16.6. The van der Waals surface area contributed by atoms with Crippen LogP contribution in [0.1, 0.15) is 26.3 Å². The minimum atomic E-state index is -0.552. The lowest BCUT2D eigenvalue weighted by molar-refractivity contribution is -0.153. The minimum absolute atomic E-state index is 0.495. The Hall–Kier alpha value is -2.34. The molecule has 6 nitrogen and oxygen atoms in total. The predicted molar refractivity (Wildman–Crippen MR) is 79.9 cm³/mol. The molecule has 0 unspecified atom stereocenters. The van der Waals surface area contributed by atoms with Crippen molar-refractivity contribution in [1.82, 2.24) is 5.06 Å². The van der Waals surface area contributed by atoms with E-state index in [4.69, 9.17) is 9.94 Å². The number of hydrogen-bond acceptors (Lipinski definition) is 4. The van der Waals surface area contributed by atoms with E-state index in [0.29, 0.717) is 10.8 Å². The van der Waals surface area contributed by atoms with Gasteiger partial charge in [-0.2, -0.15) is 0 Å². The first-order valence-corrected chi connectivity index (χ1v) is 6.42. The summed E-state index contributed by atoms with van der Waals surface area (Å²) in [6.07, 6.45) is 2.28. The number of benzene rings is 1. The van der Waals surface area contributed by atoms with Crippen molar-refractivity contribution in [2.45, 2.75) is 26.4 Å². The third kappa shape index (κ3) is 6.58. The van der Waals surface area contributed by atoms with E-state index in [1.807, 2.05) is 0 Å². The van der Waals surface area contributed by atoms with Crippen molar-refractivity contribution >= 4 is 23.8 Å². The van der Waals surface area contributed by atoms with Crippen molar-refractivity contribution in [3.8, 4) is 0 Å². The van der Waals surface area contributed by atoms with Gasteiger partial charge in [-0.3, -0.25) is 15.3 Å². The zero-order valence-electron chi connectivity index (χ0n) is 12.6. The molecule has 1 aromatic carbocycles. The third-order valence-corrected chi connectivity index (χ3v) is 2.29. The van der Waals surface area contributed by atoms with Gasteiger partial charge >= 0.3 is 6.09 Å². The fourth-order valence-electron chi connectivity index (χ4n) is 1.37. The Morgan fingerprint density at radius 2 is 1.81 bits per heavy atom. The predicted octanol–water partition coefficient (Wildman–Crippen LogP) is 2.89. The number of hydroxylamine groups is 2. The van der Waals surface area contributed by atoms with E-state index in [-0.39, 0.29) is 0 Å². The highest BCUT2D eigenvalue weighted by Gasteiger charge is 2.15. The number of ether oxygens (including phenoxy) is 1. The molecular formula is C15H20N2O4. The smallest absolute Gasteiger partial charge is 0.412 e. The molecule has 0 radical (unpaired) electrons. The Kier molecular flexibility index (Phi) is 5.49. The van der Waals surface area contributed by atoms with Crippen LogP contribution in [0.4, 0.5) is 10.5 Å². The summed E-state index contributed by atoms with van der Waals surface area (Å²) in [6, 6.07) is 6.84. The second-order valence-corrected chi connectivity index (χ2v) is 5.44. The summed E-state index contributed by atoms with van der Waals surface area (Å²) in [6.45, 7) is 5.36. The van der Waals surface area contributed by atoms with Gasteiger partial charge in [-0.1, -0.05) is 12.1 Å². The molecule has 0 saturated heterocycles. The fourth-order valence-corrected chi connectivity index (χ4v) is 1.37. The minimum Gasteiger partial charge on any atom is -0.444 e. The van der Waals surface area contributed by atoms with E-state index in [1.165, 1.54) is 13.1 Å². The standard InChI is InChI=1S/C15H20N2O4/c1-15(2,3)21-14(19)16-12-8-5-11(6-9-12)7-10-13(18)17(4)20/h5-10,20H,1-4H3,(H,16,19)/b10-7+. The van der Waals surface area contributed by atoms with Crippen molar-refractivity contribution in [2.75, 3.05) is 12.4 Å². The van der Waals surface area contributed by atoms with Crippen LogP contribution in [0.5, 0.6) is 0 Å². The average molecular weight is 292 g/mol. The second-order valence-electron chi connectivity index (χ2n) is 5.44. The van der Waals surface area contributed by atoms with Gasteiger partial charge in [0.15, 0.2) is 0 Å². The molecule has 1 rings (SSSR count). The first-order valence-electron chi connectivity index (χ1n) is 6.42. The molecule has 0 bridgehead atoms. The molecule has 0 aliphatic carbocycles. The number of rotatable bonds is 3. The average Bonchev–Trinajstić information content (AvgIpc) is 2.35. The summed E-state index contributed by atoms with van der Waals surface area (Å²) < 4.78 is 5.14. The maximum absolute atomic E-state index is 11.6. The molecular weight excluding hydrogens is 272 g/mol. The number of nitrogens with one attached hydrogen (secondary N) is 1. The largest absolute Gasteiger partial charge is 0.444 e. The monoisotopic (exact) mass is 292 g/mol. The third-order valence-electron chi connectivity index (χ3n) is 2.29.